The highest BCUT2D eigenvalue weighted by atomic mass is 32.2. The Kier molecular flexibility index (Phi) is 4.15. The van der Waals surface area contributed by atoms with Crippen molar-refractivity contribution in [3.63, 3.8) is 0 Å². The van der Waals surface area contributed by atoms with Crippen molar-refractivity contribution in [1.82, 2.24) is 0 Å². The van der Waals surface area contributed by atoms with E-state index < -0.39 is 0 Å². The van der Waals surface area contributed by atoms with E-state index >= 15 is 0 Å². The third kappa shape index (κ3) is 3.22. The molecule has 0 bridgehead atoms. The zero-order valence-electron chi connectivity index (χ0n) is 10.6. The number of nitrogens with zero attached hydrogens (tertiary/aromatic N) is 2. The molecule has 0 radical (unpaired) electrons. The SMILES string of the molecule is N#C/C(=C/c1cccs1)C1=NC(=O)/C(=C/c2cccs2)S1. The molecule has 3 heterocycles. The molecule has 3 rings (SSSR count). The van der Waals surface area contributed by atoms with Gasteiger partial charge in [0, 0.05) is 9.75 Å². The molecule has 0 atom stereocenters. The lowest BCUT2D eigenvalue weighted by molar-refractivity contribution is -0.113. The highest BCUT2D eigenvalue weighted by Gasteiger charge is 2.24. The van der Waals surface area contributed by atoms with Gasteiger partial charge in [-0.2, -0.15) is 5.26 Å². The van der Waals surface area contributed by atoms with E-state index in [1.807, 2.05) is 41.1 Å². The Balaban J connectivity index is 1.86. The summed E-state index contributed by atoms with van der Waals surface area (Å²) in [6.07, 6.45) is 3.58. The number of carbonyl (C=O) groups is 1. The Morgan fingerprint density at radius 2 is 1.90 bits per heavy atom. The number of nitriles is 1. The van der Waals surface area contributed by atoms with Crippen LogP contribution in [0, 0.1) is 11.3 Å². The Bertz CT molecular complexity index is 791. The van der Waals surface area contributed by atoms with Gasteiger partial charge in [0.15, 0.2) is 0 Å². The van der Waals surface area contributed by atoms with Crippen molar-refractivity contribution in [2.45, 2.75) is 0 Å². The van der Waals surface area contributed by atoms with Gasteiger partial charge in [-0.25, -0.2) is 4.99 Å². The topological polar surface area (TPSA) is 53.2 Å². The first kappa shape index (κ1) is 14.0. The molecule has 1 amide bonds. The molecule has 0 aliphatic carbocycles. The van der Waals surface area contributed by atoms with Gasteiger partial charge in [-0.3, -0.25) is 4.79 Å². The molecule has 0 fully saturated rings. The first-order chi connectivity index (χ1) is 10.3. The number of aliphatic imine (C=N–C) groups is 1. The molecular weight excluding hydrogens is 320 g/mol. The molecule has 3 nitrogen and oxygen atoms in total. The van der Waals surface area contributed by atoms with Gasteiger partial charge in [0.05, 0.1) is 10.5 Å². The van der Waals surface area contributed by atoms with Crippen molar-refractivity contribution in [2.75, 3.05) is 0 Å². The van der Waals surface area contributed by atoms with E-state index in [0.29, 0.717) is 15.5 Å². The van der Waals surface area contributed by atoms with Crippen LogP contribution in [0.15, 0.2) is 50.5 Å². The van der Waals surface area contributed by atoms with Crippen LogP contribution >= 0.6 is 34.4 Å². The van der Waals surface area contributed by atoms with Gasteiger partial charge in [0.2, 0.25) is 0 Å². The van der Waals surface area contributed by atoms with Crippen LogP contribution in [0.3, 0.4) is 0 Å². The largest absolute Gasteiger partial charge is 0.284 e. The molecule has 102 valence electrons. The van der Waals surface area contributed by atoms with E-state index in [0.717, 1.165) is 9.75 Å². The number of carbonyl (C=O) groups excluding carboxylic acids is 1. The first-order valence-corrected chi connectivity index (χ1v) is 8.55. The maximum atomic E-state index is 11.9. The number of thioether (sulfide) groups is 1. The second-order valence-electron chi connectivity index (χ2n) is 4.03. The van der Waals surface area contributed by atoms with Gasteiger partial charge in [-0.05, 0) is 35.0 Å². The highest BCUT2D eigenvalue weighted by molar-refractivity contribution is 8.19. The van der Waals surface area contributed by atoms with Crippen molar-refractivity contribution in [3.8, 4) is 6.07 Å². The fourth-order valence-electron chi connectivity index (χ4n) is 1.68. The predicted octanol–water partition coefficient (Wildman–Crippen LogP) is 4.43. The molecule has 6 heteroatoms. The van der Waals surface area contributed by atoms with E-state index in [1.54, 1.807) is 28.7 Å². The van der Waals surface area contributed by atoms with Crippen molar-refractivity contribution in [2.24, 2.45) is 4.99 Å². The van der Waals surface area contributed by atoms with Gasteiger partial charge in [0.25, 0.3) is 5.91 Å². The van der Waals surface area contributed by atoms with Crippen molar-refractivity contribution in [3.05, 3.63) is 55.3 Å². The molecule has 0 spiro atoms. The highest BCUT2D eigenvalue weighted by Crippen LogP contribution is 2.33. The molecule has 0 saturated carbocycles. The summed E-state index contributed by atoms with van der Waals surface area (Å²) in [6.45, 7) is 0. The summed E-state index contributed by atoms with van der Waals surface area (Å²) >= 11 is 4.35. The van der Waals surface area contributed by atoms with Gasteiger partial charge in [0.1, 0.15) is 11.1 Å². The average molecular weight is 328 g/mol. The maximum absolute atomic E-state index is 11.9. The van der Waals surface area contributed by atoms with Gasteiger partial charge >= 0.3 is 0 Å². The van der Waals surface area contributed by atoms with Crippen LogP contribution in [0.4, 0.5) is 0 Å². The number of hydrogen-bond acceptors (Lipinski definition) is 5. The molecule has 0 unspecified atom stereocenters. The minimum atomic E-state index is -0.282. The Hall–Kier alpha value is -1.94. The van der Waals surface area contributed by atoms with Crippen LogP contribution in [0.25, 0.3) is 12.2 Å². The number of amides is 1. The van der Waals surface area contributed by atoms with Crippen molar-refractivity contribution >= 4 is 57.5 Å². The second-order valence-corrected chi connectivity index (χ2v) is 7.02. The lowest BCUT2D eigenvalue weighted by atomic mass is 10.2. The van der Waals surface area contributed by atoms with Crippen molar-refractivity contribution in [1.29, 1.82) is 5.26 Å². The molecule has 0 N–H and O–H groups in total. The Morgan fingerprint density at radius 3 is 2.52 bits per heavy atom. The standard InChI is InChI=1S/C15H8N2OS3/c16-9-10(7-11-3-1-5-19-11)15-17-14(18)13(21-15)8-12-4-2-6-20-12/h1-8H/b10-7-,13-8-. The minimum Gasteiger partial charge on any atom is -0.266 e. The van der Waals surface area contributed by atoms with Crippen LogP contribution in [0.1, 0.15) is 9.75 Å². The zero-order valence-corrected chi connectivity index (χ0v) is 13.1. The van der Waals surface area contributed by atoms with E-state index in [1.165, 1.54) is 11.8 Å². The summed E-state index contributed by atoms with van der Waals surface area (Å²) in [4.78, 5) is 18.4. The summed E-state index contributed by atoms with van der Waals surface area (Å²) in [5, 5.41) is 13.6. The molecule has 0 aromatic carbocycles. The fraction of sp³-hybridized carbons (Fsp3) is 0. The monoisotopic (exact) mass is 328 g/mol. The normalized spacial score (nSPS) is 17.1. The molecule has 1 aliphatic rings. The van der Waals surface area contributed by atoms with Crippen molar-refractivity contribution < 1.29 is 4.79 Å². The molecule has 1 aliphatic heterocycles. The van der Waals surface area contributed by atoms with Crippen LogP contribution in [0.2, 0.25) is 0 Å². The lowest BCUT2D eigenvalue weighted by Crippen LogP contribution is -1.91. The van der Waals surface area contributed by atoms with E-state index in [2.05, 4.69) is 11.1 Å². The van der Waals surface area contributed by atoms with E-state index in [9.17, 15) is 10.1 Å². The predicted molar refractivity (Wildman–Crippen MR) is 90.2 cm³/mol. The number of thiophene rings is 2. The van der Waals surface area contributed by atoms with Crippen LogP contribution in [-0.4, -0.2) is 11.0 Å². The quantitative estimate of drug-likeness (QED) is 0.618. The molecule has 0 saturated heterocycles. The van der Waals surface area contributed by atoms with Gasteiger partial charge in [-0.1, -0.05) is 23.9 Å². The Labute approximate surface area is 134 Å². The number of hydrogen-bond donors (Lipinski definition) is 0. The van der Waals surface area contributed by atoms with Gasteiger partial charge < -0.3 is 0 Å². The van der Waals surface area contributed by atoms with Crippen LogP contribution < -0.4 is 0 Å². The third-order valence-corrected chi connectivity index (χ3v) is 5.27. The first-order valence-electron chi connectivity index (χ1n) is 5.98. The summed E-state index contributed by atoms with van der Waals surface area (Å²) in [6, 6.07) is 9.84. The molecule has 2 aromatic heterocycles. The van der Waals surface area contributed by atoms with E-state index in [-0.39, 0.29) is 5.91 Å². The third-order valence-electron chi connectivity index (χ3n) is 2.62. The minimum absolute atomic E-state index is 0.282. The molecule has 2 aromatic rings. The summed E-state index contributed by atoms with van der Waals surface area (Å²) in [7, 11) is 0. The van der Waals surface area contributed by atoms with Crippen LogP contribution in [-0.2, 0) is 4.79 Å². The van der Waals surface area contributed by atoms with E-state index in [4.69, 9.17) is 0 Å². The summed E-state index contributed by atoms with van der Waals surface area (Å²) in [5.74, 6) is -0.282. The smallest absolute Gasteiger partial charge is 0.266 e. The maximum Gasteiger partial charge on any atom is 0.284 e. The number of rotatable bonds is 3. The summed E-state index contributed by atoms with van der Waals surface area (Å²) in [5.41, 5.74) is 0.422. The van der Waals surface area contributed by atoms with Gasteiger partial charge in [-0.15, -0.1) is 22.7 Å². The second kappa shape index (κ2) is 6.22. The Morgan fingerprint density at radius 1 is 1.19 bits per heavy atom. The zero-order chi connectivity index (χ0) is 14.7. The average Bonchev–Trinajstić information content (AvgIpc) is 3.20. The molecular formula is C15H8N2OS3. The lowest BCUT2D eigenvalue weighted by Gasteiger charge is -1.95. The van der Waals surface area contributed by atoms with Crippen LogP contribution in [0.5, 0.6) is 0 Å². The molecule has 21 heavy (non-hydrogen) atoms. The summed E-state index contributed by atoms with van der Waals surface area (Å²) < 4.78 is 0. The fourth-order valence-corrected chi connectivity index (χ4v) is 3.94.